The lowest BCUT2D eigenvalue weighted by Gasteiger charge is -2.26. The van der Waals surface area contributed by atoms with Gasteiger partial charge in [0.05, 0.1) is 5.52 Å². The SMILES string of the molecule is CCCCC(CC)C(NN)c1ccc2ncccc2c1. The highest BCUT2D eigenvalue weighted by Gasteiger charge is 2.20. The topological polar surface area (TPSA) is 50.9 Å². The number of nitrogens with one attached hydrogen (secondary N) is 1. The Morgan fingerprint density at radius 2 is 2.10 bits per heavy atom. The van der Waals surface area contributed by atoms with E-state index in [2.05, 4.69) is 48.5 Å². The van der Waals surface area contributed by atoms with Gasteiger partial charge in [-0.3, -0.25) is 16.3 Å². The van der Waals surface area contributed by atoms with Crippen LogP contribution in [0.1, 0.15) is 51.1 Å². The Balaban J connectivity index is 2.27. The molecule has 2 atom stereocenters. The first-order valence-corrected chi connectivity index (χ1v) is 7.61. The molecular weight excluding hydrogens is 246 g/mol. The molecule has 1 heterocycles. The Morgan fingerprint density at radius 3 is 2.80 bits per heavy atom. The van der Waals surface area contributed by atoms with E-state index in [1.807, 2.05) is 12.3 Å². The second kappa shape index (κ2) is 7.36. The molecule has 0 saturated carbocycles. The summed E-state index contributed by atoms with van der Waals surface area (Å²) in [5.74, 6) is 6.41. The second-order valence-electron chi connectivity index (χ2n) is 5.41. The number of benzene rings is 1. The predicted octanol–water partition coefficient (Wildman–Crippen LogP) is 3.96. The predicted molar refractivity (Wildman–Crippen MR) is 85.1 cm³/mol. The molecule has 0 radical (unpaired) electrons. The van der Waals surface area contributed by atoms with Crippen LogP contribution in [0.15, 0.2) is 36.5 Å². The number of rotatable bonds is 7. The van der Waals surface area contributed by atoms with E-state index in [1.165, 1.54) is 30.2 Å². The fourth-order valence-corrected chi connectivity index (χ4v) is 2.86. The molecule has 0 aliphatic heterocycles. The highest BCUT2D eigenvalue weighted by molar-refractivity contribution is 5.79. The van der Waals surface area contributed by atoms with Crippen molar-refractivity contribution < 1.29 is 0 Å². The summed E-state index contributed by atoms with van der Waals surface area (Å²) in [5.41, 5.74) is 5.32. The minimum atomic E-state index is 0.219. The number of hydrazine groups is 1. The Bertz CT molecular complexity index is 539. The number of nitrogens with two attached hydrogens (primary N) is 1. The van der Waals surface area contributed by atoms with E-state index in [0.717, 1.165) is 11.9 Å². The van der Waals surface area contributed by atoms with Crippen molar-refractivity contribution in [1.82, 2.24) is 10.4 Å². The van der Waals surface area contributed by atoms with Crippen molar-refractivity contribution in [2.45, 2.75) is 45.6 Å². The molecule has 0 fully saturated rings. The summed E-state index contributed by atoms with van der Waals surface area (Å²) < 4.78 is 0. The van der Waals surface area contributed by atoms with Crippen LogP contribution >= 0.6 is 0 Å². The normalized spacial score (nSPS) is 14.3. The van der Waals surface area contributed by atoms with Gasteiger partial charge in [0.25, 0.3) is 0 Å². The van der Waals surface area contributed by atoms with Gasteiger partial charge in [-0.15, -0.1) is 0 Å². The molecule has 3 N–H and O–H groups in total. The third kappa shape index (κ3) is 3.35. The van der Waals surface area contributed by atoms with E-state index < -0.39 is 0 Å². The van der Waals surface area contributed by atoms with E-state index in [1.54, 1.807) is 0 Å². The highest BCUT2D eigenvalue weighted by atomic mass is 15.2. The molecule has 0 aliphatic carbocycles. The Hall–Kier alpha value is -1.45. The van der Waals surface area contributed by atoms with Gasteiger partial charge in [0.2, 0.25) is 0 Å². The quantitative estimate of drug-likeness (QED) is 0.592. The van der Waals surface area contributed by atoms with Gasteiger partial charge in [0.15, 0.2) is 0 Å². The average molecular weight is 271 g/mol. The lowest BCUT2D eigenvalue weighted by atomic mass is 9.87. The van der Waals surface area contributed by atoms with Crippen molar-refractivity contribution in [1.29, 1.82) is 0 Å². The number of aromatic nitrogens is 1. The van der Waals surface area contributed by atoms with E-state index in [0.29, 0.717) is 5.92 Å². The minimum absolute atomic E-state index is 0.219. The van der Waals surface area contributed by atoms with Crippen molar-refractivity contribution in [2.24, 2.45) is 11.8 Å². The van der Waals surface area contributed by atoms with Crippen LogP contribution in [0, 0.1) is 5.92 Å². The Morgan fingerprint density at radius 1 is 1.25 bits per heavy atom. The third-order valence-corrected chi connectivity index (χ3v) is 4.09. The summed E-state index contributed by atoms with van der Waals surface area (Å²) in [4.78, 5) is 4.37. The van der Waals surface area contributed by atoms with Gasteiger partial charge in [0, 0.05) is 17.6 Å². The molecule has 0 spiro atoms. The zero-order chi connectivity index (χ0) is 14.4. The largest absolute Gasteiger partial charge is 0.271 e. The first-order valence-electron chi connectivity index (χ1n) is 7.61. The summed E-state index contributed by atoms with van der Waals surface area (Å²) >= 11 is 0. The van der Waals surface area contributed by atoms with Crippen LogP contribution in [0.25, 0.3) is 10.9 Å². The van der Waals surface area contributed by atoms with Crippen LogP contribution in [0.2, 0.25) is 0 Å². The number of hydrogen-bond donors (Lipinski definition) is 2. The van der Waals surface area contributed by atoms with Crippen molar-refractivity contribution >= 4 is 10.9 Å². The maximum atomic E-state index is 5.83. The van der Waals surface area contributed by atoms with Crippen molar-refractivity contribution in [3.63, 3.8) is 0 Å². The first-order chi connectivity index (χ1) is 9.80. The minimum Gasteiger partial charge on any atom is -0.271 e. The van der Waals surface area contributed by atoms with Gasteiger partial charge in [-0.25, -0.2) is 0 Å². The third-order valence-electron chi connectivity index (χ3n) is 4.09. The maximum Gasteiger partial charge on any atom is 0.0702 e. The van der Waals surface area contributed by atoms with Crippen LogP contribution in [0.5, 0.6) is 0 Å². The van der Waals surface area contributed by atoms with Crippen LogP contribution in [0.3, 0.4) is 0 Å². The lowest BCUT2D eigenvalue weighted by Crippen LogP contribution is -2.33. The number of unbranched alkanes of at least 4 members (excludes halogenated alkanes) is 1. The summed E-state index contributed by atoms with van der Waals surface area (Å²) in [5, 5.41) is 1.18. The van der Waals surface area contributed by atoms with Crippen LogP contribution in [-0.4, -0.2) is 4.98 Å². The molecule has 0 amide bonds. The monoisotopic (exact) mass is 271 g/mol. The fourth-order valence-electron chi connectivity index (χ4n) is 2.86. The maximum absolute atomic E-state index is 5.83. The van der Waals surface area contributed by atoms with Crippen molar-refractivity contribution in [3.05, 3.63) is 42.1 Å². The molecule has 1 aromatic heterocycles. The molecule has 0 saturated heterocycles. The standard InChI is InChI=1S/C17H25N3/c1-3-5-7-13(4-2)17(20-18)15-9-10-16-14(12-15)8-6-11-19-16/h6,8-13,17,20H,3-5,7,18H2,1-2H3. The summed E-state index contributed by atoms with van der Waals surface area (Å²) in [6.45, 7) is 4.48. The van der Waals surface area contributed by atoms with Crippen LogP contribution in [0.4, 0.5) is 0 Å². The van der Waals surface area contributed by atoms with Gasteiger partial charge in [-0.05, 0) is 36.1 Å². The van der Waals surface area contributed by atoms with Crippen LogP contribution in [-0.2, 0) is 0 Å². The molecule has 0 bridgehead atoms. The molecule has 3 nitrogen and oxygen atoms in total. The molecule has 2 aromatic rings. The fraction of sp³-hybridized carbons (Fsp3) is 0.471. The number of nitrogens with zero attached hydrogens (tertiary/aromatic N) is 1. The molecule has 0 aliphatic rings. The first kappa shape index (κ1) is 14.9. The van der Waals surface area contributed by atoms with E-state index in [-0.39, 0.29) is 6.04 Å². The van der Waals surface area contributed by atoms with Crippen LogP contribution < -0.4 is 11.3 Å². The molecule has 1 aromatic carbocycles. The van der Waals surface area contributed by atoms with Crippen molar-refractivity contribution in [3.8, 4) is 0 Å². The number of hydrogen-bond acceptors (Lipinski definition) is 3. The zero-order valence-corrected chi connectivity index (χ0v) is 12.5. The van der Waals surface area contributed by atoms with E-state index >= 15 is 0 Å². The number of pyridine rings is 1. The molecule has 108 valence electrons. The van der Waals surface area contributed by atoms with Gasteiger partial charge < -0.3 is 0 Å². The zero-order valence-electron chi connectivity index (χ0n) is 12.5. The van der Waals surface area contributed by atoms with E-state index in [9.17, 15) is 0 Å². The summed E-state index contributed by atoms with van der Waals surface area (Å²) in [6, 6.07) is 10.7. The van der Waals surface area contributed by atoms with Gasteiger partial charge in [0.1, 0.15) is 0 Å². The lowest BCUT2D eigenvalue weighted by molar-refractivity contribution is 0.327. The van der Waals surface area contributed by atoms with E-state index in [4.69, 9.17) is 5.84 Å². The average Bonchev–Trinajstić information content (AvgIpc) is 2.51. The molecule has 3 heteroatoms. The van der Waals surface area contributed by atoms with Gasteiger partial charge in [-0.1, -0.05) is 45.2 Å². The highest BCUT2D eigenvalue weighted by Crippen LogP contribution is 2.29. The van der Waals surface area contributed by atoms with Crippen molar-refractivity contribution in [2.75, 3.05) is 0 Å². The Kier molecular flexibility index (Phi) is 5.50. The molecule has 2 rings (SSSR count). The number of fused-ring (bicyclic) bond motifs is 1. The summed E-state index contributed by atoms with van der Waals surface area (Å²) in [6.07, 6.45) is 6.67. The van der Waals surface area contributed by atoms with Gasteiger partial charge in [-0.2, -0.15) is 0 Å². The Labute approximate surface area is 121 Å². The second-order valence-corrected chi connectivity index (χ2v) is 5.41. The summed E-state index contributed by atoms with van der Waals surface area (Å²) in [7, 11) is 0. The molecular formula is C17H25N3. The smallest absolute Gasteiger partial charge is 0.0702 e. The molecule has 20 heavy (non-hydrogen) atoms. The molecule has 2 unspecified atom stereocenters. The van der Waals surface area contributed by atoms with Gasteiger partial charge >= 0.3 is 0 Å².